The molecule has 0 saturated carbocycles. The van der Waals surface area contributed by atoms with Gasteiger partial charge >= 0.3 is 0 Å². The molecule has 2 unspecified atom stereocenters. The third-order valence-corrected chi connectivity index (χ3v) is 7.72. The zero-order chi connectivity index (χ0) is 15.1. The lowest BCUT2D eigenvalue weighted by Crippen LogP contribution is -2.47. The Labute approximate surface area is 133 Å². The Morgan fingerprint density at radius 1 is 1.35 bits per heavy atom. The van der Waals surface area contributed by atoms with Gasteiger partial charge in [0.2, 0.25) is 10.0 Å². The first-order valence-electron chi connectivity index (χ1n) is 6.13. The first-order valence-corrected chi connectivity index (χ1v) is 9.38. The van der Waals surface area contributed by atoms with E-state index in [4.69, 9.17) is 28.9 Å². The molecule has 1 heterocycles. The van der Waals surface area contributed by atoms with Crippen LogP contribution in [0.5, 0.6) is 0 Å². The maximum Gasteiger partial charge on any atom is 0.244 e. The number of nitrogens with two attached hydrogens (primary N) is 1. The minimum atomic E-state index is -3.66. The van der Waals surface area contributed by atoms with Crippen molar-refractivity contribution in [1.29, 1.82) is 0 Å². The molecule has 0 bridgehead atoms. The monoisotopic (exact) mass is 354 g/mol. The van der Waals surface area contributed by atoms with Gasteiger partial charge in [-0.25, -0.2) is 8.42 Å². The number of benzene rings is 1. The highest BCUT2D eigenvalue weighted by Gasteiger charge is 2.36. The van der Waals surface area contributed by atoms with Crippen molar-refractivity contribution in [3.63, 3.8) is 0 Å². The van der Waals surface area contributed by atoms with Crippen LogP contribution < -0.4 is 5.73 Å². The quantitative estimate of drug-likeness (QED) is 0.828. The average Bonchev–Trinajstić information content (AvgIpc) is 2.38. The zero-order valence-corrected chi connectivity index (χ0v) is 14.3. The summed E-state index contributed by atoms with van der Waals surface area (Å²) < 4.78 is 27.0. The highest BCUT2D eigenvalue weighted by molar-refractivity contribution is 8.00. The van der Waals surface area contributed by atoms with Crippen LogP contribution in [-0.4, -0.2) is 36.3 Å². The standard InChI is InChI=1S/C12H16Cl2N2O2S2/c1-7-8(2)19-6-5-16(7)20(17,18)10-4-3-9(13)12(15)11(10)14/h3-4,7-8H,5-6,15H2,1-2H3. The average molecular weight is 355 g/mol. The molecule has 2 rings (SSSR count). The largest absolute Gasteiger partial charge is 0.396 e. The second-order valence-corrected chi connectivity index (χ2v) is 8.83. The number of nitrogens with zero attached hydrogens (tertiary/aromatic N) is 1. The van der Waals surface area contributed by atoms with E-state index in [0.29, 0.717) is 6.54 Å². The van der Waals surface area contributed by atoms with Gasteiger partial charge in [0, 0.05) is 23.6 Å². The summed E-state index contributed by atoms with van der Waals surface area (Å²) in [5.41, 5.74) is 5.82. The summed E-state index contributed by atoms with van der Waals surface area (Å²) in [5, 5.41) is 0.488. The Balaban J connectivity index is 2.48. The maximum absolute atomic E-state index is 12.8. The molecule has 1 aromatic carbocycles. The summed E-state index contributed by atoms with van der Waals surface area (Å²) in [6.07, 6.45) is 0. The van der Waals surface area contributed by atoms with Crippen molar-refractivity contribution < 1.29 is 8.42 Å². The third-order valence-electron chi connectivity index (χ3n) is 3.50. The van der Waals surface area contributed by atoms with E-state index in [9.17, 15) is 8.42 Å². The van der Waals surface area contributed by atoms with Gasteiger partial charge in [-0.05, 0) is 19.1 Å². The van der Waals surface area contributed by atoms with Crippen molar-refractivity contribution >= 4 is 50.7 Å². The summed E-state index contributed by atoms with van der Waals surface area (Å²) in [5.74, 6) is 0.769. The summed E-state index contributed by atoms with van der Waals surface area (Å²) in [6, 6.07) is 2.78. The molecular weight excluding hydrogens is 339 g/mol. The number of nitrogen functional groups attached to an aromatic ring is 1. The van der Waals surface area contributed by atoms with E-state index in [1.165, 1.54) is 16.4 Å². The molecule has 0 radical (unpaired) electrons. The molecule has 2 N–H and O–H groups in total. The van der Waals surface area contributed by atoms with Gasteiger partial charge in [-0.2, -0.15) is 16.1 Å². The fraction of sp³-hybridized carbons (Fsp3) is 0.500. The van der Waals surface area contributed by atoms with Crippen LogP contribution in [0.1, 0.15) is 13.8 Å². The lowest BCUT2D eigenvalue weighted by Gasteiger charge is -2.36. The molecule has 2 atom stereocenters. The van der Waals surface area contributed by atoms with E-state index in [0.717, 1.165) is 5.75 Å². The maximum atomic E-state index is 12.8. The summed E-state index contributed by atoms with van der Waals surface area (Å²) in [6.45, 7) is 4.40. The third kappa shape index (κ3) is 2.76. The molecule has 0 spiro atoms. The number of halogens is 2. The number of rotatable bonds is 2. The minimum Gasteiger partial charge on any atom is -0.396 e. The van der Waals surface area contributed by atoms with E-state index in [1.807, 2.05) is 13.8 Å². The van der Waals surface area contributed by atoms with Crippen molar-refractivity contribution in [2.24, 2.45) is 0 Å². The van der Waals surface area contributed by atoms with Crippen molar-refractivity contribution in [2.75, 3.05) is 18.0 Å². The number of anilines is 1. The van der Waals surface area contributed by atoms with Crippen molar-refractivity contribution in [1.82, 2.24) is 4.31 Å². The summed E-state index contributed by atoms with van der Waals surface area (Å²) >= 11 is 13.7. The van der Waals surface area contributed by atoms with Crippen LogP contribution >= 0.6 is 35.0 Å². The molecule has 0 amide bonds. The van der Waals surface area contributed by atoms with E-state index in [1.54, 1.807) is 11.8 Å². The molecule has 1 aromatic rings. The van der Waals surface area contributed by atoms with Gasteiger partial charge in [0.1, 0.15) is 4.90 Å². The molecule has 1 aliphatic rings. The van der Waals surface area contributed by atoms with Crippen LogP contribution in [0.4, 0.5) is 5.69 Å². The lowest BCUT2D eigenvalue weighted by molar-refractivity contribution is 0.340. The van der Waals surface area contributed by atoms with E-state index in [2.05, 4.69) is 0 Å². The van der Waals surface area contributed by atoms with Gasteiger partial charge in [-0.3, -0.25) is 0 Å². The van der Waals surface area contributed by atoms with E-state index < -0.39 is 10.0 Å². The second-order valence-electron chi connectivity index (χ2n) is 4.71. The minimum absolute atomic E-state index is 0.00409. The van der Waals surface area contributed by atoms with Crippen LogP contribution in [0, 0.1) is 0 Å². The topological polar surface area (TPSA) is 63.4 Å². The number of thioether (sulfide) groups is 1. The Bertz CT molecular complexity index is 622. The van der Waals surface area contributed by atoms with Crippen molar-refractivity contribution in [3.05, 3.63) is 22.2 Å². The smallest absolute Gasteiger partial charge is 0.244 e. The van der Waals surface area contributed by atoms with E-state index in [-0.39, 0.29) is 31.9 Å². The first-order chi connectivity index (χ1) is 9.26. The fourth-order valence-corrected chi connectivity index (χ4v) is 5.86. The molecule has 112 valence electrons. The van der Waals surface area contributed by atoms with Crippen LogP contribution in [0.15, 0.2) is 17.0 Å². The first kappa shape index (κ1) is 16.2. The van der Waals surface area contributed by atoms with Gasteiger partial charge < -0.3 is 5.73 Å². The molecule has 0 aromatic heterocycles. The van der Waals surface area contributed by atoms with Crippen molar-refractivity contribution in [2.45, 2.75) is 30.0 Å². The molecule has 8 heteroatoms. The Hall–Kier alpha value is -0.140. The van der Waals surface area contributed by atoms with Gasteiger partial charge in [-0.15, -0.1) is 0 Å². The molecule has 20 heavy (non-hydrogen) atoms. The summed E-state index contributed by atoms with van der Waals surface area (Å²) in [4.78, 5) is 0.0204. The number of hydrogen-bond donors (Lipinski definition) is 1. The molecule has 4 nitrogen and oxygen atoms in total. The van der Waals surface area contributed by atoms with Crippen LogP contribution in [-0.2, 0) is 10.0 Å². The van der Waals surface area contributed by atoms with Gasteiger partial charge in [0.05, 0.1) is 15.7 Å². The molecular formula is C12H16Cl2N2O2S2. The second kappa shape index (κ2) is 5.93. The Kier molecular flexibility index (Phi) is 4.81. The summed E-state index contributed by atoms with van der Waals surface area (Å²) in [7, 11) is -3.66. The molecule has 0 aliphatic carbocycles. The number of sulfonamides is 1. The van der Waals surface area contributed by atoms with Crippen molar-refractivity contribution in [3.8, 4) is 0 Å². The normalized spacial score (nSPS) is 24.8. The van der Waals surface area contributed by atoms with E-state index >= 15 is 0 Å². The van der Waals surface area contributed by atoms with Crippen LogP contribution in [0.3, 0.4) is 0 Å². The number of hydrogen-bond acceptors (Lipinski definition) is 4. The predicted molar refractivity (Wildman–Crippen MR) is 86.1 cm³/mol. The molecule has 1 aliphatic heterocycles. The highest BCUT2D eigenvalue weighted by atomic mass is 35.5. The van der Waals surface area contributed by atoms with Crippen LogP contribution in [0.2, 0.25) is 10.0 Å². The molecule has 1 fully saturated rings. The Morgan fingerprint density at radius 2 is 2.00 bits per heavy atom. The lowest BCUT2D eigenvalue weighted by atomic mass is 10.2. The van der Waals surface area contributed by atoms with Crippen LogP contribution in [0.25, 0.3) is 0 Å². The fourth-order valence-electron chi connectivity index (χ4n) is 2.12. The molecule has 1 saturated heterocycles. The highest BCUT2D eigenvalue weighted by Crippen LogP contribution is 2.37. The van der Waals surface area contributed by atoms with Gasteiger partial charge in [0.25, 0.3) is 0 Å². The zero-order valence-electron chi connectivity index (χ0n) is 11.1. The predicted octanol–water partition coefficient (Wildman–Crippen LogP) is 3.09. The Morgan fingerprint density at radius 3 is 2.65 bits per heavy atom. The SMILES string of the molecule is CC1SCCN(S(=O)(=O)c2ccc(Cl)c(N)c2Cl)C1C. The van der Waals surface area contributed by atoms with Gasteiger partial charge in [-0.1, -0.05) is 30.1 Å². The van der Waals surface area contributed by atoms with Gasteiger partial charge in [0.15, 0.2) is 0 Å².